The average molecular weight is 358 g/mol. The van der Waals surface area contributed by atoms with Crippen LogP contribution in [0.3, 0.4) is 0 Å². The summed E-state index contributed by atoms with van der Waals surface area (Å²) in [5.41, 5.74) is 11.1. The van der Waals surface area contributed by atoms with E-state index in [9.17, 15) is 4.79 Å². The molecule has 0 aliphatic carbocycles. The van der Waals surface area contributed by atoms with Crippen LogP contribution in [0.5, 0.6) is 0 Å². The van der Waals surface area contributed by atoms with Crippen molar-refractivity contribution in [3.05, 3.63) is 0 Å². The summed E-state index contributed by atoms with van der Waals surface area (Å²) in [6, 6.07) is 0. The first-order valence-electron chi connectivity index (χ1n) is 10.5. The lowest BCUT2D eigenvalue weighted by Crippen LogP contribution is -2.45. The van der Waals surface area contributed by atoms with E-state index in [0.717, 1.165) is 19.4 Å². The molecule has 25 heavy (non-hydrogen) atoms. The molecule has 0 aliphatic heterocycles. The van der Waals surface area contributed by atoms with Gasteiger partial charge in [-0.25, -0.2) is 0 Å². The zero-order chi connectivity index (χ0) is 18.8. The number of unbranched alkanes of at least 4 members (excludes halogenated alkanes) is 13. The third-order valence-corrected chi connectivity index (χ3v) is 4.66. The maximum atomic E-state index is 10.8. The molecule has 0 aliphatic rings. The van der Waals surface area contributed by atoms with E-state index in [-0.39, 0.29) is 6.54 Å². The standard InChI is InChI=1S/C20H43N3O2/c1-2-3-4-5-6-7-8-9-10-11-12-13-14-15-16-23(17-19(21)22)18-20(24)25/h19H,2-18,21-22H2,1H3,(H,24,25). The Bertz CT molecular complexity index is 299. The van der Waals surface area contributed by atoms with Gasteiger partial charge in [-0.3, -0.25) is 9.69 Å². The number of hydrogen-bond acceptors (Lipinski definition) is 4. The maximum Gasteiger partial charge on any atom is 0.317 e. The molecule has 0 bridgehead atoms. The fourth-order valence-corrected chi connectivity index (χ4v) is 3.25. The SMILES string of the molecule is CCCCCCCCCCCCCCCCN(CC(=O)O)CC(N)N. The minimum atomic E-state index is -0.814. The molecule has 0 saturated heterocycles. The van der Waals surface area contributed by atoms with Crippen LogP contribution in [0.1, 0.15) is 96.8 Å². The molecule has 0 heterocycles. The first kappa shape index (κ1) is 24.4. The molecule has 0 aromatic heterocycles. The number of carbonyl (C=O) groups is 1. The normalized spacial score (nSPS) is 11.6. The second-order valence-corrected chi connectivity index (χ2v) is 7.39. The van der Waals surface area contributed by atoms with Crippen LogP contribution in [-0.4, -0.2) is 41.8 Å². The van der Waals surface area contributed by atoms with E-state index in [2.05, 4.69) is 6.92 Å². The molecular weight excluding hydrogens is 314 g/mol. The second-order valence-electron chi connectivity index (χ2n) is 7.39. The van der Waals surface area contributed by atoms with Gasteiger partial charge in [0.2, 0.25) is 0 Å². The smallest absolute Gasteiger partial charge is 0.317 e. The van der Waals surface area contributed by atoms with Gasteiger partial charge in [0, 0.05) is 6.54 Å². The quantitative estimate of drug-likeness (QED) is 0.239. The van der Waals surface area contributed by atoms with E-state index in [0.29, 0.717) is 6.54 Å². The fraction of sp³-hybridized carbons (Fsp3) is 0.950. The van der Waals surface area contributed by atoms with Crippen molar-refractivity contribution in [2.75, 3.05) is 19.6 Å². The van der Waals surface area contributed by atoms with Crippen molar-refractivity contribution < 1.29 is 9.90 Å². The lowest BCUT2D eigenvalue weighted by atomic mass is 10.0. The van der Waals surface area contributed by atoms with Crippen molar-refractivity contribution in [1.82, 2.24) is 4.90 Å². The Balaban J connectivity index is 3.35. The molecule has 5 heteroatoms. The molecule has 0 spiro atoms. The van der Waals surface area contributed by atoms with Gasteiger partial charge >= 0.3 is 5.97 Å². The largest absolute Gasteiger partial charge is 0.480 e. The molecule has 0 fully saturated rings. The molecule has 0 atom stereocenters. The highest BCUT2D eigenvalue weighted by Gasteiger charge is 2.11. The molecule has 5 N–H and O–H groups in total. The van der Waals surface area contributed by atoms with Crippen LogP contribution in [0.2, 0.25) is 0 Å². The fourth-order valence-electron chi connectivity index (χ4n) is 3.25. The van der Waals surface area contributed by atoms with E-state index < -0.39 is 12.1 Å². The Morgan fingerprint density at radius 1 is 0.800 bits per heavy atom. The van der Waals surface area contributed by atoms with Crippen LogP contribution in [-0.2, 0) is 4.79 Å². The van der Waals surface area contributed by atoms with Gasteiger partial charge in [0.1, 0.15) is 0 Å². The average Bonchev–Trinajstić information content (AvgIpc) is 2.54. The van der Waals surface area contributed by atoms with Gasteiger partial charge in [-0.15, -0.1) is 0 Å². The lowest BCUT2D eigenvalue weighted by molar-refractivity contribution is -0.138. The van der Waals surface area contributed by atoms with Crippen LogP contribution in [0, 0.1) is 0 Å². The summed E-state index contributed by atoms with van der Waals surface area (Å²) >= 11 is 0. The summed E-state index contributed by atoms with van der Waals surface area (Å²) in [6.45, 7) is 3.52. The highest BCUT2D eigenvalue weighted by atomic mass is 16.4. The second kappa shape index (κ2) is 18.2. The van der Waals surface area contributed by atoms with E-state index in [1.807, 2.05) is 4.90 Å². The molecule has 150 valence electrons. The van der Waals surface area contributed by atoms with Crippen molar-refractivity contribution in [1.29, 1.82) is 0 Å². The number of carboxylic acids is 1. The van der Waals surface area contributed by atoms with Crippen LogP contribution >= 0.6 is 0 Å². The molecule has 0 radical (unpaired) electrons. The highest BCUT2D eigenvalue weighted by Crippen LogP contribution is 2.13. The van der Waals surface area contributed by atoms with Gasteiger partial charge in [0.05, 0.1) is 12.7 Å². The molecule has 0 unspecified atom stereocenters. The Morgan fingerprint density at radius 2 is 1.20 bits per heavy atom. The van der Waals surface area contributed by atoms with E-state index >= 15 is 0 Å². The predicted molar refractivity (Wildman–Crippen MR) is 107 cm³/mol. The topological polar surface area (TPSA) is 92.6 Å². The van der Waals surface area contributed by atoms with Gasteiger partial charge < -0.3 is 16.6 Å². The first-order valence-corrected chi connectivity index (χ1v) is 10.5. The van der Waals surface area contributed by atoms with Crippen molar-refractivity contribution in [3.8, 4) is 0 Å². The number of nitrogens with zero attached hydrogens (tertiary/aromatic N) is 1. The maximum absolute atomic E-state index is 10.8. The van der Waals surface area contributed by atoms with E-state index in [4.69, 9.17) is 16.6 Å². The third kappa shape index (κ3) is 19.5. The highest BCUT2D eigenvalue weighted by molar-refractivity contribution is 5.69. The van der Waals surface area contributed by atoms with Gasteiger partial charge in [0.25, 0.3) is 0 Å². The van der Waals surface area contributed by atoms with Crippen LogP contribution in [0.15, 0.2) is 0 Å². The zero-order valence-electron chi connectivity index (χ0n) is 16.6. The molecule has 0 saturated carbocycles. The minimum Gasteiger partial charge on any atom is -0.480 e. The Morgan fingerprint density at radius 3 is 1.56 bits per heavy atom. The number of carboxylic acid groups (broad SMARTS) is 1. The van der Waals surface area contributed by atoms with E-state index in [1.54, 1.807) is 0 Å². The summed E-state index contributed by atoms with van der Waals surface area (Å²) in [7, 11) is 0. The predicted octanol–water partition coefficient (Wildman–Crippen LogP) is 4.10. The minimum absolute atomic E-state index is 0.0311. The Labute approximate surface area is 155 Å². The summed E-state index contributed by atoms with van der Waals surface area (Å²) in [5, 5.41) is 8.89. The van der Waals surface area contributed by atoms with Crippen LogP contribution < -0.4 is 11.5 Å². The number of rotatable bonds is 19. The molecule has 5 nitrogen and oxygen atoms in total. The van der Waals surface area contributed by atoms with Crippen LogP contribution in [0.25, 0.3) is 0 Å². The summed E-state index contributed by atoms with van der Waals surface area (Å²) in [4.78, 5) is 12.7. The van der Waals surface area contributed by atoms with Gasteiger partial charge in [-0.2, -0.15) is 0 Å². The zero-order valence-corrected chi connectivity index (χ0v) is 16.6. The van der Waals surface area contributed by atoms with Crippen LogP contribution in [0.4, 0.5) is 0 Å². The molecule has 0 aromatic rings. The van der Waals surface area contributed by atoms with Gasteiger partial charge in [0.15, 0.2) is 0 Å². The molecule has 0 aromatic carbocycles. The molecule has 0 rings (SSSR count). The Kier molecular flexibility index (Phi) is 17.7. The van der Waals surface area contributed by atoms with Gasteiger partial charge in [-0.1, -0.05) is 90.4 Å². The van der Waals surface area contributed by atoms with Gasteiger partial charge in [-0.05, 0) is 13.0 Å². The summed E-state index contributed by atoms with van der Waals surface area (Å²) < 4.78 is 0. The van der Waals surface area contributed by atoms with Crippen molar-refractivity contribution in [3.63, 3.8) is 0 Å². The van der Waals surface area contributed by atoms with E-state index in [1.165, 1.54) is 77.0 Å². The third-order valence-electron chi connectivity index (χ3n) is 4.66. The first-order chi connectivity index (χ1) is 12.1. The number of aliphatic carboxylic acids is 1. The summed E-state index contributed by atoms with van der Waals surface area (Å²) in [5.74, 6) is -0.814. The number of hydrogen-bond donors (Lipinski definition) is 3. The van der Waals surface area contributed by atoms with Crippen molar-refractivity contribution in [2.45, 2.75) is 103 Å². The van der Waals surface area contributed by atoms with Crippen molar-refractivity contribution >= 4 is 5.97 Å². The molecular formula is C20H43N3O2. The van der Waals surface area contributed by atoms with Crippen molar-refractivity contribution in [2.24, 2.45) is 11.5 Å². The Hall–Kier alpha value is -0.650. The number of nitrogens with two attached hydrogens (primary N) is 2. The monoisotopic (exact) mass is 357 g/mol. The summed E-state index contributed by atoms with van der Waals surface area (Å²) in [6.07, 6.45) is 18.1. The lowest BCUT2D eigenvalue weighted by Gasteiger charge is -2.21. The molecule has 0 amide bonds.